The van der Waals surface area contributed by atoms with Crippen LogP contribution >= 0.6 is 11.3 Å². The van der Waals surface area contributed by atoms with Gasteiger partial charge in [0.15, 0.2) is 5.13 Å². The van der Waals surface area contributed by atoms with Crippen molar-refractivity contribution in [2.24, 2.45) is 16.7 Å². The summed E-state index contributed by atoms with van der Waals surface area (Å²) in [5.74, 6) is -2.17. The van der Waals surface area contributed by atoms with Gasteiger partial charge in [-0.25, -0.2) is 27.9 Å². The number of ether oxygens (including phenoxy) is 3. The molecule has 1 saturated heterocycles. The maximum atomic E-state index is 14.9. The van der Waals surface area contributed by atoms with Crippen molar-refractivity contribution in [3.63, 3.8) is 0 Å². The number of hydrogen-bond donors (Lipinski definition) is 4. The van der Waals surface area contributed by atoms with Crippen LogP contribution in [0.5, 0.6) is 11.5 Å². The molecular formula is C48H59N7O10S2. The van der Waals surface area contributed by atoms with E-state index >= 15 is 0 Å². The number of pyridine rings is 1. The van der Waals surface area contributed by atoms with Crippen LogP contribution in [0.25, 0.3) is 22.3 Å². The van der Waals surface area contributed by atoms with Gasteiger partial charge in [0.2, 0.25) is 17.7 Å². The Bertz CT molecular complexity index is 2660. The van der Waals surface area contributed by atoms with E-state index in [-0.39, 0.29) is 41.7 Å². The SMILES string of the molecule is C=CC1CC1(NC(=O)C1CC(Oc2cc(-c3csc(NC(=O)CC(C)(C)C)n3)nc3cc(OC)ccc23)CN1C(=O)C(NC(=O)OC1CCCC1)C(C)(C)C)C(=O)NS(=O)(=O)c1ccccc1. The maximum absolute atomic E-state index is 14.9. The van der Waals surface area contributed by atoms with E-state index in [2.05, 4.69) is 32.2 Å². The van der Waals surface area contributed by atoms with Gasteiger partial charge >= 0.3 is 6.09 Å². The highest BCUT2D eigenvalue weighted by molar-refractivity contribution is 7.90. The van der Waals surface area contributed by atoms with Crippen molar-refractivity contribution in [3.8, 4) is 22.9 Å². The van der Waals surface area contributed by atoms with Gasteiger partial charge < -0.3 is 35.1 Å². The molecule has 1 aliphatic heterocycles. The Balaban J connectivity index is 1.20. The number of carbonyl (C=O) groups excluding carboxylic acids is 5. The van der Waals surface area contributed by atoms with Crippen LogP contribution in [0.2, 0.25) is 0 Å². The minimum absolute atomic E-state index is 0.0598. The standard InChI is InChI=1S/C48H59N7O10S2/c1-9-28-24-48(28,43(59)54-67(61,62)32-17-11-10-12-18-32)53-41(57)37-22-31(26-55(37)42(58)40(47(5,6)7)52-45(60)65-29-15-13-14-16-29)64-38-23-35(49-34-21-30(63-8)19-20-33(34)38)36-27-66-44(50-36)51-39(56)25-46(2,3)4/h9-12,17-21,23,27-29,31,37,40H,1,13-16,22,24-26H2,2-8H3,(H,52,60)(H,53,57)(H,54,59)(H,50,51,56). The highest BCUT2D eigenvalue weighted by Gasteiger charge is 2.61. The van der Waals surface area contributed by atoms with E-state index in [1.165, 1.54) is 53.7 Å². The Morgan fingerprint density at radius 1 is 0.970 bits per heavy atom. The number of amides is 5. The molecule has 7 rings (SSSR count). The summed E-state index contributed by atoms with van der Waals surface area (Å²) < 4.78 is 46.7. The molecule has 3 fully saturated rings. The fourth-order valence-corrected chi connectivity index (χ4v) is 10.3. The molecule has 67 heavy (non-hydrogen) atoms. The second-order valence-electron chi connectivity index (χ2n) is 19.7. The second-order valence-corrected chi connectivity index (χ2v) is 22.2. The van der Waals surface area contributed by atoms with E-state index in [0.717, 1.165) is 25.7 Å². The highest BCUT2D eigenvalue weighted by Crippen LogP contribution is 2.45. The van der Waals surface area contributed by atoms with Crippen LogP contribution in [0.1, 0.15) is 86.5 Å². The quantitative estimate of drug-likeness (QED) is 0.0910. The Kier molecular flexibility index (Phi) is 14.0. The topological polar surface area (TPSA) is 224 Å². The second kappa shape index (κ2) is 19.3. The number of anilines is 1. The first kappa shape index (κ1) is 48.8. The van der Waals surface area contributed by atoms with Gasteiger partial charge in [0.1, 0.15) is 47.0 Å². The van der Waals surface area contributed by atoms with Crippen molar-refractivity contribution in [1.82, 2.24) is 30.2 Å². The molecular weight excluding hydrogens is 899 g/mol. The minimum Gasteiger partial charge on any atom is -0.497 e. The van der Waals surface area contributed by atoms with Crippen LogP contribution < -0.4 is 30.1 Å². The van der Waals surface area contributed by atoms with Gasteiger partial charge in [0.05, 0.1) is 29.8 Å². The van der Waals surface area contributed by atoms with E-state index in [9.17, 15) is 32.4 Å². The van der Waals surface area contributed by atoms with Crippen LogP contribution in [0.3, 0.4) is 0 Å². The molecule has 17 nitrogen and oxygen atoms in total. The van der Waals surface area contributed by atoms with Gasteiger partial charge in [-0.3, -0.25) is 19.2 Å². The van der Waals surface area contributed by atoms with Crippen molar-refractivity contribution < 1.29 is 46.6 Å². The Hall–Kier alpha value is -6.08. The fraction of sp³-hybridized carbons (Fsp3) is 0.479. The summed E-state index contributed by atoms with van der Waals surface area (Å²) in [7, 11) is -2.78. The summed E-state index contributed by atoms with van der Waals surface area (Å²) in [4.78, 5) is 80.4. The predicted molar refractivity (Wildman–Crippen MR) is 253 cm³/mol. The zero-order chi connectivity index (χ0) is 48.5. The lowest BCUT2D eigenvalue weighted by Gasteiger charge is -2.35. The van der Waals surface area contributed by atoms with Crippen LogP contribution in [-0.4, -0.2) is 96.5 Å². The Morgan fingerprint density at radius 2 is 1.69 bits per heavy atom. The molecule has 0 bridgehead atoms. The summed E-state index contributed by atoms with van der Waals surface area (Å²) in [5, 5.41) is 11.2. The smallest absolute Gasteiger partial charge is 0.408 e. The Morgan fingerprint density at radius 3 is 2.33 bits per heavy atom. The molecule has 5 unspecified atom stereocenters. The van der Waals surface area contributed by atoms with Crippen molar-refractivity contribution in [2.75, 3.05) is 19.0 Å². The number of likely N-dealkylation sites (tertiary alicyclic amines) is 1. The number of carbonyl (C=O) groups is 5. The van der Waals surface area contributed by atoms with Crippen molar-refractivity contribution in [1.29, 1.82) is 0 Å². The molecule has 3 aliphatic rings. The molecule has 2 aromatic heterocycles. The molecule has 19 heteroatoms. The first-order valence-electron chi connectivity index (χ1n) is 22.3. The monoisotopic (exact) mass is 957 g/mol. The number of nitrogens with one attached hydrogen (secondary N) is 4. The predicted octanol–water partition coefficient (Wildman–Crippen LogP) is 6.74. The molecule has 0 spiro atoms. The summed E-state index contributed by atoms with van der Waals surface area (Å²) in [6.07, 6.45) is 3.22. The van der Waals surface area contributed by atoms with E-state index < -0.39 is 68.9 Å². The number of nitrogens with zero attached hydrogens (tertiary/aromatic N) is 3. The van der Waals surface area contributed by atoms with Crippen LogP contribution in [0.4, 0.5) is 9.93 Å². The molecule has 2 aliphatic carbocycles. The van der Waals surface area contributed by atoms with E-state index in [1.807, 2.05) is 20.8 Å². The van der Waals surface area contributed by atoms with Crippen LogP contribution in [0, 0.1) is 16.7 Å². The summed E-state index contributed by atoms with van der Waals surface area (Å²) in [5.41, 5.74) is -1.39. The third-order valence-corrected chi connectivity index (χ3v) is 14.2. The van der Waals surface area contributed by atoms with E-state index in [4.69, 9.17) is 19.2 Å². The number of benzene rings is 2. The van der Waals surface area contributed by atoms with Crippen molar-refractivity contribution in [2.45, 2.75) is 121 Å². The number of hydrogen-bond acceptors (Lipinski definition) is 13. The zero-order valence-corrected chi connectivity index (χ0v) is 40.5. The highest BCUT2D eigenvalue weighted by atomic mass is 32.2. The number of rotatable bonds is 15. The zero-order valence-electron chi connectivity index (χ0n) is 38.8. The number of aromatic nitrogens is 2. The average molecular weight is 958 g/mol. The van der Waals surface area contributed by atoms with Crippen LogP contribution in [0.15, 0.2) is 77.5 Å². The third-order valence-electron chi connectivity index (χ3n) is 12.1. The number of methoxy groups -OCH3 is 1. The molecule has 4 aromatic rings. The molecule has 0 radical (unpaired) electrons. The molecule has 5 amide bonds. The Labute approximate surface area is 394 Å². The van der Waals surface area contributed by atoms with Gasteiger partial charge in [-0.15, -0.1) is 17.9 Å². The van der Waals surface area contributed by atoms with Crippen molar-refractivity contribution >= 4 is 67.1 Å². The number of alkyl carbamates (subject to hydrolysis) is 1. The van der Waals surface area contributed by atoms with Gasteiger partial charge in [0.25, 0.3) is 15.9 Å². The lowest BCUT2D eigenvalue weighted by molar-refractivity contribution is -0.143. The first-order valence-corrected chi connectivity index (χ1v) is 24.7. The van der Waals surface area contributed by atoms with E-state index in [0.29, 0.717) is 45.3 Å². The molecule has 2 aromatic carbocycles. The number of fused-ring (bicyclic) bond motifs is 1. The summed E-state index contributed by atoms with van der Waals surface area (Å²) >= 11 is 1.25. The maximum Gasteiger partial charge on any atom is 0.408 e. The van der Waals surface area contributed by atoms with Gasteiger partial charge in [-0.1, -0.05) is 65.8 Å². The fourth-order valence-electron chi connectivity index (χ4n) is 8.51. The van der Waals surface area contributed by atoms with Gasteiger partial charge in [-0.2, -0.15) is 0 Å². The van der Waals surface area contributed by atoms with E-state index in [1.54, 1.807) is 56.5 Å². The molecule has 4 N–H and O–H groups in total. The van der Waals surface area contributed by atoms with Gasteiger partial charge in [-0.05, 0) is 67.2 Å². The molecule has 2 saturated carbocycles. The van der Waals surface area contributed by atoms with Gasteiger partial charge in [0, 0.05) is 41.7 Å². The normalized spacial score (nSPS) is 21.2. The summed E-state index contributed by atoms with van der Waals surface area (Å²) in [6, 6.07) is 12.0. The number of sulfonamides is 1. The number of thiazole rings is 1. The summed E-state index contributed by atoms with van der Waals surface area (Å²) in [6.45, 7) is 15.0. The molecule has 5 atom stereocenters. The molecule has 3 heterocycles. The third kappa shape index (κ3) is 11.4. The largest absolute Gasteiger partial charge is 0.497 e. The minimum atomic E-state index is -4.32. The first-order chi connectivity index (χ1) is 31.6. The average Bonchev–Trinajstić information content (AvgIpc) is 3.67. The molecule has 358 valence electrons. The lowest BCUT2D eigenvalue weighted by Crippen LogP contribution is -2.60. The van der Waals surface area contributed by atoms with Crippen LogP contribution in [-0.2, 0) is 33.9 Å². The van der Waals surface area contributed by atoms with Crippen molar-refractivity contribution in [3.05, 3.63) is 72.6 Å². The lowest BCUT2D eigenvalue weighted by atomic mass is 9.85.